The highest BCUT2D eigenvalue weighted by Gasteiger charge is 2.04. The second kappa shape index (κ2) is 9.01. The number of hydrogen-bond acceptors (Lipinski definition) is 2. The lowest BCUT2D eigenvalue weighted by molar-refractivity contribution is 0.0640. The Bertz CT molecular complexity index is 83.9. The molecule has 0 aromatic rings. The summed E-state index contributed by atoms with van der Waals surface area (Å²) in [5.41, 5.74) is 0. The first kappa shape index (κ1) is 11.9. The second-order valence-corrected chi connectivity index (χ2v) is 3.22. The van der Waals surface area contributed by atoms with Crippen molar-refractivity contribution in [3.63, 3.8) is 0 Å². The molecule has 74 valence electrons. The van der Waals surface area contributed by atoms with Crippen LogP contribution in [-0.4, -0.2) is 24.9 Å². The number of aliphatic hydroxyl groups excluding tert-OH is 1. The van der Waals surface area contributed by atoms with Crippen molar-refractivity contribution in [2.24, 2.45) is 5.92 Å². The summed E-state index contributed by atoms with van der Waals surface area (Å²) in [7, 11) is 0. The summed E-state index contributed by atoms with van der Waals surface area (Å²) < 4.78 is 5.28. The van der Waals surface area contributed by atoms with E-state index in [1.807, 2.05) is 0 Å². The van der Waals surface area contributed by atoms with Crippen LogP contribution in [0.15, 0.2) is 0 Å². The largest absolute Gasteiger partial charge is 0.394 e. The molecule has 0 aliphatic rings. The Morgan fingerprint density at radius 3 is 2.58 bits per heavy atom. The van der Waals surface area contributed by atoms with E-state index >= 15 is 0 Å². The Hall–Kier alpha value is -0.0800. The zero-order valence-electron chi connectivity index (χ0n) is 8.38. The van der Waals surface area contributed by atoms with E-state index in [9.17, 15) is 0 Å². The van der Waals surface area contributed by atoms with Crippen molar-refractivity contribution < 1.29 is 9.84 Å². The van der Waals surface area contributed by atoms with Crippen LogP contribution in [-0.2, 0) is 4.74 Å². The van der Waals surface area contributed by atoms with Crippen LogP contribution in [0, 0.1) is 5.92 Å². The molecule has 0 heterocycles. The molecule has 0 bridgehead atoms. The SMILES string of the molecule is CCCC[C@@H](CC)COCCO. The normalized spacial score (nSPS) is 13.2. The van der Waals surface area contributed by atoms with Gasteiger partial charge in [-0.25, -0.2) is 0 Å². The molecule has 0 aromatic heterocycles. The highest BCUT2D eigenvalue weighted by Crippen LogP contribution is 2.12. The lowest BCUT2D eigenvalue weighted by atomic mass is 10.0. The molecule has 0 unspecified atom stereocenters. The zero-order valence-corrected chi connectivity index (χ0v) is 8.38. The molecule has 0 aliphatic heterocycles. The molecule has 0 aromatic carbocycles. The number of hydrogen-bond donors (Lipinski definition) is 1. The molecule has 2 heteroatoms. The van der Waals surface area contributed by atoms with Gasteiger partial charge in [-0.15, -0.1) is 0 Å². The van der Waals surface area contributed by atoms with Crippen molar-refractivity contribution in [1.82, 2.24) is 0 Å². The molecule has 0 spiro atoms. The summed E-state index contributed by atoms with van der Waals surface area (Å²) in [5, 5.41) is 8.50. The van der Waals surface area contributed by atoms with Gasteiger partial charge in [0.05, 0.1) is 13.2 Å². The zero-order chi connectivity index (χ0) is 9.23. The van der Waals surface area contributed by atoms with E-state index in [-0.39, 0.29) is 6.61 Å². The maximum absolute atomic E-state index is 8.50. The molecule has 0 rings (SSSR count). The van der Waals surface area contributed by atoms with E-state index in [1.54, 1.807) is 0 Å². The first-order valence-electron chi connectivity index (χ1n) is 5.03. The number of aliphatic hydroxyl groups is 1. The number of ether oxygens (including phenoxy) is 1. The second-order valence-electron chi connectivity index (χ2n) is 3.22. The van der Waals surface area contributed by atoms with E-state index < -0.39 is 0 Å². The van der Waals surface area contributed by atoms with Crippen LogP contribution in [0.3, 0.4) is 0 Å². The molecule has 0 saturated carbocycles. The van der Waals surface area contributed by atoms with Crippen molar-refractivity contribution in [3.05, 3.63) is 0 Å². The van der Waals surface area contributed by atoms with E-state index in [0.29, 0.717) is 12.5 Å². The molecule has 1 atom stereocenters. The minimum atomic E-state index is 0.143. The van der Waals surface area contributed by atoms with Crippen LogP contribution < -0.4 is 0 Å². The lowest BCUT2D eigenvalue weighted by Crippen LogP contribution is -2.10. The predicted molar refractivity (Wildman–Crippen MR) is 51.2 cm³/mol. The van der Waals surface area contributed by atoms with Gasteiger partial charge in [0.1, 0.15) is 0 Å². The van der Waals surface area contributed by atoms with Crippen LogP contribution in [0.1, 0.15) is 39.5 Å². The van der Waals surface area contributed by atoms with Crippen molar-refractivity contribution >= 4 is 0 Å². The third-order valence-electron chi connectivity index (χ3n) is 2.13. The number of unbranched alkanes of at least 4 members (excludes halogenated alkanes) is 1. The summed E-state index contributed by atoms with van der Waals surface area (Å²) in [6.07, 6.45) is 5.00. The fourth-order valence-electron chi connectivity index (χ4n) is 1.21. The van der Waals surface area contributed by atoms with Gasteiger partial charge in [0, 0.05) is 6.61 Å². The fourth-order valence-corrected chi connectivity index (χ4v) is 1.21. The fraction of sp³-hybridized carbons (Fsp3) is 1.00. The summed E-state index contributed by atoms with van der Waals surface area (Å²) in [6.45, 7) is 5.85. The van der Waals surface area contributed by atoms with Crippen LogP contribution in [0.5, 0.6) is 0 Å². The highest BCUT2D eigenvalue weighted by atomic mass is 16.5. The average Bonchev–Trinajstić information content (AvgIpc) is 2.11. The van der Waals surface area contributed by atoms with Crippen molar-refractivity contribution in [2.45, 2.75) is 39.5 Å². The van der Waals surface area contributed by atoms with E-state index in [1.165, 1.54) is 25.7 Å². The molecule has 0 amide bonds. The smallest absolute Gasteiger partial charge is 0.0697 e. The van der Waals surface area contributed by atoms with Crippen LogP contribution in [0.4, 0.5) is 0 Å². The van der Waals surface area contributed by atoms with Crippen molar-refractivity contribution in [2.75, 3.05) is 19.8 Å². The monoisotopic (exact) mass is 174 g/mol. The molecular formula is C10H22O2. The van der Waals surface area contributed by atoms with Gasteiger partial charge in [-0.05, 0) is 12.3 Å². The van der Waals surface area contributed by atoms with Gasteiger partial charge in [0.15, 0.2) is 0 Å². The number of rotatable bonds is 8. The topological polar surface area (TPSA) is 29.5 Å². The Balaban J connectivity index is 3.26. The molecule has 12 heavy (non-hydrogen) atoms. The summed E-state index contributed by atoms with van der Waals surface area (Å²) in [5.74, 6) is 0.691. The molecule has 1 N–H and O–H groups in total. The quantitative estimate of drug-likeness (QED) is 0.572. The Kier molecular flexibility index (Phi) is 8.95. The molecule has 0 aliphatic carbocycles. The van der Waals surface area contributed by atoms with Gasteiger partial charge >= 0.3 is 0 Å². The van der Waals surface area contributed by atoms with Gasteiger partial charge in [0.25, 0.3) is 0 Å². The maximum Gasteiger partial charge on any atom is 0.0697 e. The third-order valence-corrected chi connectivity index (χ3v) is 2.13. The van der Waals surface area contributed by atoms with Gasteiger partial charge in [-0.1, -0.05) is 33.1 Å². The molecular weight excluding hydrogens is 152 g/mol. The first-order valence-corrected chi connectivity index (χ1v) is 5.03. The van der Waals surface area contributed by atoms with Gasteiger partial charge < -0.3 is 9.84 Å². The molecule has 0 radical (unpaired) electrons. The van der Waals surface area contributed by atoms with Crippen LogP contribution in [0.2, 0.25) is 0 Å². The third kappa shape index (κ3) is 6.62. The lowest BCUT2D eigenvalue weighted by Gasteiger charge is -2.13. The Morgan fingerprint density at radius 2 is 2.08 bits per heavy atom. The Morgan fingerprint density at radius 1 is 1.33 bits per heavy atom. The van der Waals surface area contributed by atoms with E-state index in [2.05, 4.69) is 13.8 Å². The van der Waals surface area contributed by atoms with Gasteiger partial charge in [0.2, 0.25) is 0 Å². The average molecular weight is 174 g/mol. The standard InChI is InChI=1S/C10H22O2/c1-3-5-6-10(4-2)9-12-8-7-11/h10-11H,3-9H2,1-2H3/t10-/m1/s1. The van der Waals surface area contributed by atoms with Gasteiger partial charge in [-0.2, -0.15) is 0 Å². The maximum atomic E-state index is 8.50. The van der Waals surface area contributed by atoms with Crippen LogP contribution in [0.25, 0.3) is 0 Å². The van der Waals surface area contributed by atoms with Crippen LogP contribution >= 0.6 is 0 Å². The first-order chi connectivity index (χ1) is 5.85. The highest BCUT2D eigenvalue weighted by molar-refractivity contribution is 4.55. The summed E-state index contributed by atoms with van der Waals surface area (Å²) in [4.78, 5) is 0. The van der Waals surface area contributed by atoms with Crippen molar-refractivity contribution in [3.8, 4) is 0 Å². The molecule has 0 saturated heterocycles. The molecule has 2 nitrogen and oxygen atoms in total. The molecule has 0 fully saturated rings. The van der Waals surface area contributed by atoms with E-state index in [0.717, 1.165) is 6.61 Å². The summed E-state index contributed by atoms with van der Waals surface area (Å²) in [6, 6.07) is 0. The summed E-state index contributed by atoms with van der Waals surface area (Å²) >= 11 is 0. The van der Waals surface area contributed by atoms with Gasteiger partial charge in [-0.3, -0.25) is 0 Å². The minimum absolute atomic E-state index is 0.143. The Labute approximate surface area is 75.9 Å². The predicted octanol–water partition coefficient (Wildman–Crippen LogP) is 2.21. The van der Waals surface area contributed by atoms with Crippen molar-refractivity contribution in [1.29, 1.82) is 0 Å². The van der Waals surface area contributed by atoms with E-state index in [4.69, 9.17) is 9.84 Å². The minimum Gasteiger partial charge on any atom is -0.394 e.